The molecule has 3 aromatic rings. The summed E-state index contributed by atoms with van der Waals surface area (Å²) >= 11 is 0. The van der Waals surface area contributed by atoms with Gasteiger partial charge in [0, 0.05) is 19.8 Å². The predicted octanol–water partition coefficient (Wildman–Crippen LogP) is 6.11. The van der Waals surface area contributed by atoms with Gasteiger partial charge in [0.2, 0.25) is 0 Å². The van der Waals surface area contributed by atoms with Crippen molar-refractivity contribution in [1.29, 1.82) is 0 Å². The van der Waals surface area contributed by atoms with Crippen LogP contribution in [0.1, 0.15) is 16.7 Å². The first-order chi connectivity index (χ1) is 18.8. The van der Waals surface area contributed by atoms with Crippen LogP contribution in [0.5, 0.6) is 11.5 Å². The van der Waals surface area contributed by atoms with Crippen LogP contribution < -0.4 is 9.62 Å². The lowest BCUT2D eigenvalue weighted by molar-refractivity contribution is -0.173. The van der Waals surface area contributed by atoms with Crippen molar-refractivity contribution in [1.82, 2.24) is 0 Å². The second-order valence-corrected chi connectivity index (χ2v) is 8.56. The number of hydrogen-bond acceptors (Lipinski definition) is 7. The normalized spacial score (nSPS) is 10.7. The number of carbonyl (C=O) groups is 1. The van der Waals surface area contributed by atoms with Gasteiger partial charge in [-0.1, -0.05) is 80.4 Å². The molecule has 7 nitrogen and oxygen atoms in total. The van der Waals surface area contributed by atoms with E-state index in [4.69, 9.17) is 24.0 Å². The predicted molar refractivity (Wildman–Crippen MR) is 153 cm³/mol. The molecule has 0 unspecified atom stereocenters. The molecule has 202 valence electrons. The van der Waals surface area contributed by atoms with Gasteiger partial charge in [-0.3, -0.25) is 9.78 Å². The monoisotopic (exact) mass is 528 g/mol. The number of benzene rings is 3. The number of carbonyl (C=O) groups excluding carboxylic acids is 1. The lowest BCUT2D eigenvalue weighted by Gasteiger charge is -2.13. The van der Waals surface area contributed by atoms with E-state index in [0.717, 1.165) is 27.8 Å². The van der Waals surface area contributed by atoms with Gasteiger partial charge in [0.05, 0.1) is 18.8 Å². The highest BCUT2D eigenvalue weighted by Crippen LogP contribution is 2.33. The van der Waals surface area contributed by atoms with Gasteiger partial charge in [0.1, 0.15) is 12.4 Å². The third-order valence-corrected chi connectivity index (χ3v) is 5.52. The van der Waals surface area contributed by atoms with Crippen molar-refractivity contribution in [2.45, 2.75) is 0 Å². The quantitative estimate of drug-likeness (QED) is 0.0514. The summed E-state index contributed by atoms with van der Waals surface area (Å²) in [7, 11) is 3.03. The molecule has 0 saturated heterocycles. The van der Waals surface area contributed by atoms with Crippen LogP contribution in [0.2, 0.25) is 0 Å². The van der Waals surface area contributed by atoms with Crippen LogP contribution in [0, 0.1) is 0 Å². The first-order valence-electron chi connectivity index (χ1n) is 12.1. The Hall–Kier alpha value is -4.43. The standard InChI is InChI=1S/C32H32O7/c1-22(19-33)27-11-13-28(14-12-27)30-17-10-26(18-31(30)37-32(34)23(2)20-35-4)7-6-25-8-15-29(16-9-25)39-38-24(3)21-36-5/h6-18,33H,1-3,19-21H2,4-5H3. The van der Waals surface area contributed by atoms with Gasteiger partial charge >= 0.3 is 5.97 Å². The molecule has 0 aliphatic heterocycles. The summed E-state index contributed by atoms with van der Waals surface area (Å²) < 4.78 is 15.7. The zero-order valence-electron chi connectivity index (χ0n) is 22.1. The molecule has 1 N–H and O–H groups in total. The minimum Gasteiger partial charge on any atom is -0.422 e. The highest BCUT2D eigenvalue weighted by molar-refractivity contribution is 5.91. The van der Waals surface area contributed by atoms with Gasteiger partial charge in [-0.25, -0.2) is 4.79 Å². The van der Waals surface area contributed by atoms with Crippen LogP contribution >= 0.6 is 0 Å². The topological polar surface area (TPSA) is 83.5 Å². The molecule has 0 radical (unpaired) electrons. The van der Waals surface area contributed by atoms with Gasteiger partial charge < -0.3 is 19.3 Å². The first-order valence-corrected chi connectivity index (χ1v) is 12.1. The summed E-state index contributed by atoms with van der Waals surface area (Å²) in [6.07, 6.45) is 3.83. The van der Waals surface area contributed by atoms with Gasteiger partial charge in [-0.05, 0) is 46.0 Å². The maximum Gasteiger partial charge on any atom is 0.341 e. The molecule has 0 aliphatic rings. The van der Waals surface area contributed by atoms with E-state index >= 15 is 0 Å². The third kappa shape index (κ3) is 8.55. The van der Waals surface area contributed by atoms with Gasteiger partial charge in [-0.2, -0.15) is 0 Å². The molecule has 3 aromatic carbocycles. The van der Waals surface area contributed by atoms with Crippen LogP contribution in [0.15, 0.2) is 97.8 Å². The van der Waals surface area contributed by atoms with E-state index < -0.39 is 5.97 Å². The molecule has 0 bridgehead atoms. The van der Waals surface area contributed by atoms with E-state index in [2.05, 4.69) is 19.7 Å². The minimum atomic E-state index is -0.574. The number of rotatable bonds is 14. The fourth-order valence-electron chi connectivity index (χ4n) is 3.47. The first kappa shape index (κ1) is 29.1. The summed E-state index contributed by atoms with van der Waals surface area (Å²) in [5.41, 5.74) is 4.96. The number of ether oxygens (including phenoxy) is 3. The molecular weight excluding hydrogens is 496 g/mol. The van der Waals surface area contributed by atoms with E-state index in [1.54, 1.807) is 25.3 Å². The molecule has 0 aromatic heterocycles. The molecule has 0 amide bonds. The molecule has 0 atom stereocenters. The Labute approximate surface area is 228 Å². The average molecular weight is 529 g/mol. The Bertz CT molecular complexity index is 1340. The molecular formula is C32H32O7. The average Bonchev–Trinajstić information content (AvgIpc) is 2.95. The van der Waals surface area contributed by atoms with E-state index in [1.165, 1.54) is 7.11 Å². The van der Waals surface area contributed by atoms with E-state index in [0.29, 0.717) is 22.8 Å². The molecule has 0 saturated carbocycles. The molecule has 0 heterocycles. The van der Waals surface area contributed by atoms with Crippen molar-refractivity contribution in [3.05, 3.63) is 114 Å². The van der Waals surface area contributed by atoms with Gasteiger partial charge in [0.15, 0.2) is 11.5 Å². The van der Waals surface area contributed by atoms with Crippen molar-refractivity contribution in [3.63, 3.8) is 0 Å². The van der Waals surface area contributed by atoms with Crippen molar-refractivity contribution in [2.24, 2.45) is 0 Å². The van der Waals surface area contributed by atoms with Crippen LogP contribution in [0.4, 0.5) is 0 Å². The summed E-state index contributed by atoms with van der Waals surface area (Å²) in [4.78, 5) is 22.9. The van der Waals surface area contributed by atoms with Crippen molar-refractivity contribution >= 4 is 23.7 Å². The number of methoxy groups -OCH3 is 2. The lowest BCUT2D eigenvalue weighted by atomic mass is 9.99. The van der Waals surface area contributed by atoms with E-state index in [9.17, 15) is 9.90 Å². The maximum atomic E-state index is 12.6. The SMILES string of the molecule is C=C(COC)OOc1ccc(C=Cc2ccc(-c3ccc(C(=C)CO)cc3)c(OC(=O)C(=C)COC)c2)cc1. The smallest absolute Gasteiger partial charge is 0.341 e. The maximum absolute atomic E-state index is 12.6. The zero-order chi connectivity index (χ0) is 28.2. The second-order valence-electron chi connectivity index (χ2n) is 8.56. The number of aliphatic hydroxyl groups is 1. The fraction of sp³-hybridized carbons (Fsp3) is 0.156. The summed E-state index contributed by atoms with van der Waals surface area (Å²) in [6.45, 7) is 11.5. The van der Waals surface area contributed by atoms with Crippen LogP contribution in [0.3, 0.4) is 0 Å². The summed E-state index contributed by atoms with van der Waals surface area (Å²) in [6, 6.07) is 20.4. The Morgan fingerprint density at radius 1 is 0.846 bits per heavy atom. The van der Waals surface area contributed by atoms with Gasteiger partial charge in [-0.15, -0.1) is 0 Å². The Balaban J connectivity index is 1.83. The summed E-state index contributed by atoms with van der Waals surface area (Å²) in [5, 5.41) is 9.35. The largest absolute Gasteiger partial charge is 0.422 e. The molecule has 0 spiro atoms. The Morgan fingerprint density at radius 2 is 1.49 bits per heavy atom. The van der Waals surface area contributed by atoms with Gasteiger partial charge in [0.25, 0.3) is 0 Å². The molecule has 39 heavy (non-hydrogen) atoms. The zero-order valence-corrected chi connectivity index (χ0v) is 22.1. The number of hydrogen-bond donors (Lipinski definition) is 1. The highest BCUT2D eigenvalue weighted by atomic mass is 17.2. The van der Waals surface area contributed by atoms with E-state index in [-0.39, 0.29) is 25.4 Å². The lowest BCUT2D eigenvalue weighted by Crippen LogP contribution is -2.14. The number of esters is 1. The molecule has 0 fully saturated rings. The van der Waals surface area contributed by atoms with Crippen LogP contribution in [-0.4, -0.2) is 45.1 Å². The Morgan fingerprint density at radius 3 is 2.13 bits per heavy atom. The van der Waals surface area contributed by atoms with Crippen molar-refractivity contribution in [3.8, 4) is 22.6 Å². The van der Waals surface area contributed by atoms with Crippen molar-refractivity contribution in [2.75, 3.05) is 34.0 Å². The number of aliphatic hydroxyl groups excluding tert-OH is 1. The highest BCUT2D eigenvalue weighted by Gasteiger charge is 2.15. The van der Waals surface area contributed by atoms with E-state index in [1.807, 2.05) is 60.7 Å². The van der Waals surface area contributed by atoms with Crippen molar-refractivity contribution < 1.29 is 33.9 Å². The van der Waals surface area contributed by atoms with Crippen LogP contribution in [-0.2, 0) is 19.2 Å². The third-order valence-electron chi connectivity index (χ3n) is 5.52. The van der Waals surface area contributed by atoms with Crippen LogP contribution in [0.25, 0.3) is 28.9 Å². The second kappa shape index (κ2) is 14.5. The molecule has 7 heteroatoms. The molecule has 3 rings (SSSR count). The Kier molecular flexibility index (Phi) is 10.8. The summed E-state index contributed by atoms with van der Waals surface area (Å²) in [5.74, 6) is 0.687. The molecule has 0 aliphatic carbocycles. The fourth-order valence-corrected chi connectivity index (χ4v) is 3.47. The minimum absolute atomic E-state index is 0.0664.